The number of hydrogen-bond acceptors (Lipinski definition) is 10. The van der Waals surface area contributed by atoms with Crippen LogP contribution in [0.25, 0.3) is 17.1 Å². The number of halogens is 3. The summed E-state index contributed by atoms with van der Waals surface area (Å²) in [5, 5.41) is 20.5. The molecule has 3 N–H and O–H groups in total. The standard InChI is InChI=1S/C26H19Cl3N8O4/c1-39-20-8-7-14(9-16(20)13-40-23-18(28)10-17(27)11-19(23)29)12-31-33-26(38)22-21(15-5-3-2-4-6-15)32-36-37(22)25-24(30)34-41-35-25/h2-12H,13H2,1H3,(H2,30,34)(H,33,38)/b31-12+. The van der Waals surface area contributed by atoms with Gasteiger partial charge in [-0.05, 0) is 46.2 Å². The summed E-state index contributed by atoms with van der Waals surface area (Å²) in [5.41, 5.74) is 10.6. The number of hydrazone groups is 1. The molecule has 15 heteroatoms. The summed E-state index contributed by atoms with van der Waals surface area (Å²) in [5.74, 6) is 0.162. The van der Waals surface area contributed by atoms with E-state index >= 15 is 0 Å². The molecule has 1 amide bonds. The Kier molecular flexibility index (Phi) is 8.34. The lowest BCUT2D eigenvalue weighted by molar-refractivity contribution is 0.0947. The van der Waals surface area contributed by atoms with Crippen LogP contribution in [0.3, 0.4) is 0 Å². The molecule has 5 aromatic rings. The average molecular weight is 614 g/mol. The van der Waals surface area contributed by atoms with Crippen LogP contribution < -0.4 is 20.6 Å². The smallest absolute Gasteiger partial charge is 0.292 e. The van der Waals surface area contributed by atoms with Gasteiger partial charge in [0.1, 0.15) is 18.1 Å². The summed E-state index contributed by atoms with van der Waals surface area (Å²) in [4.78, 5) is 13.3. The van der Waals surface area contributed by atoms with Gasteiger partial charge in [0.2, 0.25) is 11.6 Å². The Bertz CT molecular complexity index is 1720. The molecule has 5 rings (SSSR count). The number of carbonyl (C=O) groups excluding carboxylic acids is 1. The van der Waals surface area contributed by atoms with E-state index in [4.69, 9.17) is 50.0 Å². The van der Waals surface area contributed by atoms with Gasteiger partial charge < -0.3 is 15.2 Å². The number of methoxy groups -OCH3 is 1. The number of nitrogens with zero attached hydrogens (tertiary/aromatic N) is 6. The lowest BCUT2D eigenvalue weighted by atomic mass is 10.1. The monoisotopic (exact) mass is 612 g/mol. The van der Waals surface area contributed by atoms with Crippen molar-refractivity contribution in [2.75, 3.05) is 12.8 Å². The second-order valence-corrected chi connectivity index (χ2v) is 9.55. The minimum Gasteiger partial charge on any atom is -0.496 e. The Morgan fingerprint density at radius 2 is 1.85 bits per heavy atom. The van der Waals surface area contributed by atoms with E-state index in [1.807, 2.05) is 6.07 Å². The number of nitrogens with two attached hydrogens (primary N) is 1. The minimum atomic E-state index is -0.628. The predicted octanol–water partition coefficient (Wildman–Crippen LogP) is 5.21. The molecule has 12 nitrogen and oxygen atoms in total. The summed E-state index contributed by atoms with van der Waals surface area (Å²) in [6, 6.07) is 17.3. The first-order valence-corrected chi connectivity index (χ1v) is 12.9. The van der Waals surface area contributed by atoms with Crippen LogP contribution in [0.15, 0.2) is 70.4 Å². The third kappa shape index (κ3) is 6.09. The van der Waals surface area contributed by atoms with Gasteiger partial charge in [-0.25, -0.2) is 10.1 Å². The number of carbonyl (C=O) groups is 1. The molecular weight excluding hydrogens is 595 g/mol. The van der Waals surface area contributed by atoms with Gasteiger partial charge in [-0.3, -0.25) is 4.79 Å². The molecule has 0 saturated heterocycles. The van der Waals surface area contributed by atoms with Crippen molar-refractivity contribution in [3.63, 3.8) is 0 Å². The fraction of sp³-hybridized carbons (Fsp3) is 0.0769. The predicted molar refractivity (Wildman–Crippen MR) is 153 cm³/mol. The summed E-state index contributed by atoms with van der Waals surface area (Å²) < 4.78 is 17.1. The third-order valence-electron chi connectivity index (χ3n) is 5.65. The first-order chi connectivity index (χ1) is 19.9. The topological polar surface area (TPSA) is 156 Å². The van der Waals surface area contributed by atoms with E-state index in [0.717, 1.165) is 4.68 Å². The maximum absolute atomic E-state index is 13.3. The zero-order valence-electron chi connectivity index (χ0n) is 21.1. The third-order valence-corrected chi connectivity index (χ3v) is 6.43. The number of nitrogens with one attached hydrogen (secondary N) is 1. The molecule has 0 atom stereocenters. The highest BCUT2D eigenvalue weighted by Crippen LogP contribution is 2.36. The van der Waals surface area contributed by atoms with Crippen LogP contribution in [0.1, 0.15) is 21.6 Å². The van der Waals surface area contributed by atoms with Crippen molar-refractivity contribution in [3.8, 4) is 28.6 Å². The number of anilines is 1. The largest absolute Gasteiger partial charge is 0.496 e. The number of hydrogen-bond donors (Lipinski definition) is 2. The number of benzene rings is 3. The summed E-state index contributed by atoms with van der Waals surface area (Å²) in [7, 11) is 1.54. The van der Waals surface area contributed by atoms with Gasteiger partial charge in [-0.2, -0.15) is 9.78 Å². The molecule has 0 bridgehead atoms. The fourth-order valence-electron chi connectivity index (χ4n) is 3.79. The number of ether oxygens (including phenoxy) is 2. The first-order valence-electron chi connectivity index (χ1n) is 11.7. The van der Waals surface area contributed by atoms with Crippen molar-refractivity contribution in [1.29, 1.82) is 0 Å². The molecule has 0 saturated carbocycles. The van der Waals surface area contributed by atoms with E-state index in [9.17, 15) is 4.79 Å². The van der Waals surface area contributed by atoms with Crippen LogP contribution in [0.5, 0.6) is 11.5 Å². The SMILES string of the molecule is COc1ccc(/C=N/NC(=O)c2c(-c3ccccc3)nnn2-c2nonc2N)cc1COc1c(Cl)cc(Cl)cc1Cl. The van der Waals surface area contributed by atoms with Gasteiger partial charge in [-0.1, -0.05) is 70.3 Å². The van der Waals surface area contributed by atoms with Gasteiger partial charge in [0, 0.05) is 16.1 Å². The molecule has 0 aliphatic heterocycles. The summed E-state index contributed by atoms with van der Waals surface area (Å²) in [6.45, 7) is 0.0801. The first kappa shape index (κ1) is 27.9. The van der Waals surface area contributed by atoms with Gasteiger partial charge in [-0.15, -0.1) is 5.10 Å². The van der Waals surface area contributed by atoms with Gasteiger partial charge in [0.05, 0.1) is 23.4 Å². The van der Waals surface area contributed by atoms with E-state index in [-0.39, 0.29) is 45.4 Å². The zero-order chi connectivity index (χ0) is 28.9. The molecule has 41 heavy (non-hydrogen) atoms. The van der Waals surface area contributed by atoms with E-state index in [0.29, 0.717) is 27.5 Å². The second-order valence-electron chi connectivity index (χ2n) is 8.30. The Balaban J connectivity index is 1.37. The highest BCUT2D eigenvalue weighted by atomic mass is 35.5. The minimum absolute atomic E-state index is 0.00880. The number of rotatable bonds is 9. The highest BCUT2D eigenvalue weighted by Gasteiger charge is 2.25. The number of amides is 1. The van der Waals surface area contributed by atoms with Crippen LogP contribution in [0.4, 0.5) is 5.82 Å². The summed E-state index contributed by atoms with van der Waals surface area (Å²) >= 11 is 18.4. The van der Waals surface area contributed by atoms with Gasteiger partial charge in [0.15, 0.2) is 11.4 Å². The Labute approximate surface area is 247 Å². The average Bonchev–Trinajstić information content (AvgIpc) is 3.59. The van der Waals surface area contributed by atoms with E-state index in [1.165, 1.54) is 25.5 Å². The van der Waals surface area contributed by atoms with Crippen LogP contribution >= 0.6 is 34.8 Å². The Morgan fingerprint density at radius 1 is 1.10 bits per heavy atom. The second kappa shape index (κ2) is 12.3. The Morgan fingerprint density at radius 3 is 2.54 bits per heavy atom. The molecule has 0 fully saturated rings. The van der Waals surface area contributed by atoms with E-state index in [1.54, 1.807) is 42.5 Å². The van der Waals surface area contributed by atoms with Crippen molar-refractivity contribution in [1.82, 2.24) is 30.7 Å². The lowest BCUT2D eigenvalue weighted by Gasteiger charge is -2.13. The lowest BCUT2D eigenvalue weighted by Crippen LogP contribution is -2.22. The highest BCUT2D eigenvalue weighted by molar-refractivity contribution is 6.40. The van der Waals surface area contributed by atoms with Crippen LogP contribution in [0.2, 0.25) is 15.1 Å². The molecule has 2 heterocycles. The molecule has 2 aromatic heterocycles. The summed E-state index contributed by atoms with van der Waals surface area (Å²) in [6.07, 6.45) is 1.45. The van der Waals surface area contributed by atoms with Crippen molar-refractivity contribution >= 4 is 52.7 Å². The zero-order valence-corrected chi connectivity index (χ0v) is 23.4. The molecule has 0 unspecified atom stereocenters. The molecule has 3 aromatic carbocycles. The maximum Gasteiger partial charge on any atom is 0.292 e. The maximum atomic E-state index is 13.3. The van der Waals surface area contributed by atoms with Crippen LogP contribution in [-0.4, -0.2) is 44.5 Å². The molecule has 0 aliphatic carbocycles. The molecule has 0 aliphatic rings. The molecule has 0 spiro atoms. The van der Waals surface area contributed by atoms with Crippen LogP contribution in [0, 0.1) is 0 Å². The van der Waals surface area contributed by atoms with Crippen molar-refractivity contribution in [3.05, 3.63) is 92.6 Å². The van der Waals surface area contributed by atoms with E-state index in [2.05, 4.69) is 35.8 Å². The van der Waals surface area contributed by atoms with Gasteiger partial charge >= 0.3 is 0 Å². The van der Waals surface area contributed by atoms with Crippen molar-refractivity contribution < 1.29 is 18.9 Å². The molecular formula is C26H19Cl3N8O4. The number of nitrogen functional groups attached to an aromatic ring is 1. The molecule has 208 valence electrons. The normalized spacial score (nSPS) is 11.1. The van der Waals surface area contributed by atoms with E-state index < -0.39 is 5.91 Å². The van der Waals surface area contributed by atoms with Crippen molar-refractivity contribution in [2.24, 2.45) is 5.10 Å². The van der Waals surface area contributed by atoms with Crippen molar-refractivity contribution in [2.45, 2.75) is 6.61 Å². The quantitative estimate of drug-likeness (QED) is 0.168. The van der Waals surface area contributed by atoms with Crippen LogP contribution in [-0.2, 0) is 6.61 Å². The Hall–Kier alpha value is -4.65. The molecule has 0 radical (unpaired) electrons. The fourth-order valence-corrected chi connectivity index (χ4v) is 4.71. The number of aromatic nitrogens is 5. The van der Waals surface area contributed by atoms with Gasteiger partial charge in [0.25, 0.3) is 5.91 Å².